The molecule has 0 aliphatic rings. The fourth-order valence-electron chi connectivity index (χ4n) is 1.23. The molecular weight excluding hydrogens is 178 g/mol. The molecule has 0 spiro atoms. The zero-order valence-corrected chi connectivity index (χ0v) is 7.71. The van der Waals surface area contributed by atoms with Crippen LogP contribution < -0.4 is 5.56 Å². The minimum Gasteiger partial charge on any atom is -0.293 e. The van der Waals surface area contributed by atoms with Crippen LogP contribution in [0.2, 0.25) is 0 Å². The van der Waals surface area contributed by atoms with Gasteiger partial charge in [-0.25, -0.2) is 0 Å². The molecular formula is C10H9N3O. The molecule has 1 aromatic carbocycles. The molecule has 4 heteroatoms. The first-order chi connectivity index (χ1) is 6.79. The summed E-state index contributed by atoms with van der Waals surface area (Å²) in [7, 11) is 1.68. The Kier molecular flexibility index (Phi) is 2.10. The molecule has 70 valence electrons. The number of nitrogens with zero attached hydrogens (tertiary/aromatic N) is 3. The second kappa shape index (κ2) is 3.41. The average Bonchev–Trinajstić information content (AvgIpc) is 2.23. The maximum atomic E-state index is 11.3. The molecule has 1 heterocycles. The molecule has 0 aliphatic carbocycles. The fraction of sp³-hybridized carbons (Fsp3) is 0.100. The van der Waals surface area contributed by atoms with Gasteiger partial charge in [0.05, 0.1) is 0 Å². The maximum Gasteiger partial charge on any atom is 0.272 e. The summed E-state index contributed by atoms with van der Waals surface area (Å²) >= 11 is 0. The van der Waals surface area contributed by atoms with Gasteiger partial charge in [0.15, 0.2) is 5.82 Å². The molecule has 0 N–H and O–H groups in total. The van der Waals surface area contributed by atoms with Crippen molar-refractivity contribution in [3.63, 3.8) is 0 Å². The summed E-state index contributed by atoms with van der Waals surface area (Å²) in [4.78, 5) is 11.3. The third kappa shape index (κ3) is 1.42. The van der Waals surface area contributed by atoms with E-state index in [-0.39, 0.29) is 5.56 Å². The van der Waals surface area contributed by atoms with Crippen LogP contribution in [0, 0.1) is 0 Å². The van der Waals surface area contributed by atoms with Gasteiger partial charge >= 0.3 is 0 Å². The van der Waals surface area contributed by atoms with Gasteiger partial charge in [0.25, 0.3) is 5.56 Å². The maximum absolute atomic E-state index is 11.3. The van der Waals surface area contributed by atoms with Crippen molar-refractivity contribution < 1.29 is 0 Å². The minimum atomic E-state index is -0.154. The van der Waals surface area contributed by atoms with Gasteiger partial charge in [-0.15, -0.1) is 5.10 Å². The second-order valence-corrected chi connectivity index (χ2v) is 2.93. The molecule has 4 nitrogen and oxygen atoms in total. The lowest BCUT2D eigenvalue weighted by Gasteiger charge is -2.03. The van der Waals surface area contributed by atoms with E-state index in [9.17, 15) is 4.79 Å². The van der Waals surface area contributed by atoms with E-state index in [0.29, 0.717) is 5.82 Å². The molecule has 1 aromatic heterocycles. The molecule has 0 saturated heterocycles. The van der Waals surface area contributed by atoms with Crippen molar-refractivity contribution >= 4 is 0 Å². The summed E-state index contributed by atoms with van der Waals surface area (Å²) in [6, 6.07) is 9.49. The Labute approximate surface area is 80.9 Å². The first-order valence-electron chi connectivity index (χ1n) is 4.23. The van der Waals surface area contributed by atoms with Gasteiger partial charge in [-0.2, -0.15) is 5.10 Å². The standard InChI is InChI=1S/C10H9N3O/c1-13-9(14)7-11-12-10(13)8-5-3-2-4-6-8/h2-7H,1H3. The SMILES string of the molecule is Cn1c(-c2ccccc2)nncc1=O. The van der Waals surface area contributed by atoms with Crippen molar-refractivity contribution in [1.29, 1.82) is 0 Å². The highest BCUT2D eigenvalue weighted by atomic mass is 16.1. The zero-order chi connectivity index (χ0) is 9.97. The van der Waals surface area contributed by atoms with E-state index in [0.717, 1.165) is 5.56 Å². The Bertz CT molecular complexity index is 490. The lowest BCUT2D eigenvalue weighted by Crippen LogP contribution is -2.19. The van der Waals surface area contributed by atoms with E-state index in [1.165, 1.54) is 10.8 Å². The monoisotopic (exact) mass is 187 g/mol. The molecule has 2 aromatic rings. The molecule has 0 fully saturated rings. The molecule has 14 heavy (non-hydrogen) atoms. The van der Waals surface area contributed by atoms with Crippen molar-refractivity contribution in [2.45, 2.75) is 0 Å². The van der Waals surface area contributed by atoms with Crippen molar-refractivity contribution in [3.8, 4) is 11.4 Å². The summed E-state index contributed by atoms with van der Waals surface area (Å²) in [6.45, 7) is 0. The molecule has 0 radical (unpaired) electrons. The van der Waals surface area contributed by atoms with E-state index in [4.69, 9.17) is 0 Å². The highest BCUT2D eigenvalue weighted by Gasteiger charge is 2.03. The molecule has 0 bridgehead atoms. The normalized spacial score (nSPS) is 10.1. The number of hydrogen-bond acceptors (Lipinski definition) is 3. The molecule has 0 atom stereocenters. The topological polar surface area (TPSA) is 47.8 Å². The largest absolute Gasteiger partial charge is 0.293 e. The molecule has 2 rings (SSSR count). The van der Waals surface area contributed by atoms with Crippen LogP contribution in [-0.4, -0.2) is 14.8 Å². The van der Waals surface area contributed by atoms with Crippen LogP contribution in [0.5, 0.6) is 0 Å². The van der Waals surface area contributed by atoms with Gasteiger partial charge in [0, 0.05) is 12.6 Å². The van der Waals surface area contributed by atoms with Crippen LogP contribution >= 0.6 is 0 Å². The number of rotatable bonds is 1. The lowest BCUT2D eigenvalue weighted by atomic mass is 10.2. The highest BCUT2D eigenvalue weighted by Crippen LogP contribution is 2.12. The predicted octanol–water partition coefficient (Wildman–Crippen LogP) is 0.842. The van der Waals surface area contributed by atoms with Crippen LogP contribution in [0.25, 0.3) is 11.4 Å². The van der Waals surface area contributed by atoms with Crippen LogP contribution in [-0.2, 0) is 7.05 Å². The molecule has 0 saturated carbocycles. The Morgan fingerprint density at radius 1 is 1.21 bits per heavy atom. The number of benzene rings is 1. The minimum absolute atomic E-state index is 0.154. The summed E-state index contributed by atoms with van der Waals surface area (Å²) in [5.74, 6) is 0.582. The van der Waals surface area contributed by atoms with Crippen molar-refractivity contribution in [3.05, 3.63) is 46.9 Å². The van der Waals surface area contributed by atoms with Gasteiger partial charge in [0.2, 0.25) is 0 Å². The summed E-state index contributed by atoms with van der Waals surface area (Å²) in [6.07, 6.45) is 1.20. The van der Waals surface area contributed by atoms with Crippen molar-refractivity contribution in [2.24, 2.45) is 7.05 Å². The van der Waals surface area contributed by atoms with Crippen LogP contribution in [0.4, 0.5) is 0 Å². The number of hydrogen-bond donors (Lipinski definition) is 0. The van der Waals surface area contributed by atoms with Gasteiger partial charge in [-0.3, -0.25) is 9.36 Å². The van der Waals surface area contributed by atoms with Crippen LogP contribution in [0.3, 0.4) is 0 Å². The quantitative estimate of drug-likeness (QED) is 0.664. The smallest absolute Gasteiger partial charge is 0.272 e. The van der Waals surface area contributed by atoms with Crippen LogP contribution in [0.15, 0.2) is 41.3 Å². The van der Waals surface area contributed by atoms with E-state index < -0.39 is 0 Å². The van der Waals surface area contributed by atoms with E-state index in [1.807, 2.05) is 30.3 Å². The highest BCUT2D eigenvalue weighted by molar-refractivity contribution is 5.53. The average molecular weight is 187 g/mol. The Morgan fingerprint density at radius 2 is 1.93 bits per heavy atom. The molecule has 0 unspecified atom stereocenters. The third-order valence-corrected chi connectivity index (χ3v) is 2.00. The van der Waals surface area contributed by atoms with E-state index >= 15 is 0 Å². The van der Waals surface area contributed by atoms with Crippen molar-refractivity contribution in [1.82, 2.24) is 14.8 Å². The van der Waals surface area contributed by atoms with Gasteiger partial charge in [0.1, 0.15) is 6.20 Å². The zero-order valence-electron chi connectivity index (χ0n) is 7.71. The lowest BCUT2D eigenvalue weighted by molar-refractivity contribution is 0.788. The Hall–Kier alpha value is -1.97. The Morgan fingerprint density at radius 3 is 2.64 bits per heavy atom. The summed E-state index contributed by atoms with van der Waals surface area (Å²) < 4.78 is 1.47. The van der Waals surface area contributed by atoms with Crippen LogP contribution in [0.1, 0.15) is 0 Å². The Balaban J connectivity index is 2.64. The van der Waals surface area contributed by atoms with E-state index in [1.54, 1.807) is 7.05 Å². The second-order valence-electron chi connectivity index (χ2n) is 2.93. The first kappa shape index (κ1) is 8.62. The predicted molar refractivity (Wildman–Crippen MR) is 52.7 cm³/mol. The molecule has 0 aliphatic heterocycles. The first-order valence-corrected chi connectivity index (χ1v) is 4.23. The summed E-state index contributed by atoms with van der Waals surface area (Å²) in [5, 5.41) is 7.56. The summed E-state index contributed by atoms with van der Waals surface area (Å²) in [5.41, 5.74) is 0.735. The van der Waals surface area contributed by atoms with Gasteiger partial charge in [-0.05, 0) is 0 Å². The molecule has 0 amide bonds. The third-order valence-electron chi connectivity index (χ3n) is 2.00. The van der Waals surface area contributed by atoms with Gasteiger partial charge < -0.3 is 0 Å². The van der Waals surface area contributed by atoms with E-state index in [2.05, 4.69) is 10.2 Å². The van der Waals surface area contributed by atoms with Gasteiger partial charge in [-0.1, -0.05) is 30.3 Å². The fourth-order valence-corrected chi connectivity index (χ4v) is 1.23. The number of aromatic nitrogens is 3. The van der Waals surface area contributed by atoms with Crippen molar-refractivity contribution in [2.75, 3.05) is 0 Å².